The summed E-state index contributed by atoms with van der Waals surface area (Å²) in [5.41, 5.74) is 0. The van der Waals surface area contributed by atoms with Crippen LogP contribution >= 0.6 is 0 Å². The van der Waals surface area contributed by atoms with Gasteiger partial charge in [-0.05, 0) is 13.3 Å². The second-order valence-electron chi connectivity index (χ2n) is 4.24. The van der Waals surface area contributed by atoms with Crippen molar-refractivity contribution in [3.63, 3.8) is 0 Å². The second kappa shape index (κ2) is 7.85. The van der Waals surface area contributed by atoms with Crippen molar-refractivity contribution >= 4 is 17.8 Å². The molecule has 108 valence electrons. The van der Waals surface area contributed by atoms with Crippen LogP contribution in [0.15, 0.2) is 0 Å². The van der Waals surface area contributed by atoms with E-state index >= 15 is 0 Å². The summed E-state index contributed by atoms with van der Waals surface area (Å²) < 4.78 is 10.3. The zero-order valence-corrected chi connectivity index (χ0v) is 11.2. The fourth-order valence-corrected chi connectivity index (χ4v) is 1.43. The van der Waals surface area contributed by atoms with Gasteiger partial charge in [0.25, 0.3) is 11.8 Å². The lowest BCUT2D eigenvalue weighted by Crippen LogP contribution is -2.32. The molecule has 7 nitrogen and oxygen atoms in total. The molecule has 0 radical (unpaired) electrons. The molecule has 0 N–H and O–H groups in total. The van der Waals surface area contributed by atoms with E-state index in [1.807, 2.05) is 6.92 Å². The summed E-state index contributed by atoms with van der Waals surface area (Å²) in [5, 5.41) is 0.537. The van der Waals surface area contributed by atoms with E-state index in [-0.39, 0.29) is 32.0 Å². The van der Waals surface area contributed by atoms with E-state index in [0.717, 1.165) is 6.42 Å². The summed E-state index contributed by atoms with van der Waals surface area (Å²) in [6.07, 6.45) is 1.02. The van der Waals surface area contributed by atoms with Gasteiger partial charge in [-0.1, -0.05) is 0 Å². The number of nitrogens with zero attached hydrogens (tertiary/aromatic N) is 1. The molecule has 0 aliphatic carbocycles. The maximum Gasteiger partial charge on any atom is 0.335 e. The number of imide groups is 1. The minimum Gasteiger partial charge on any atom is -0.382 e. The number of methoxy groups -OCH3 is 1. The van der Waals surface area contributed by atoms with Gasteiger partial charge in [0, 0.05) is 26.6 Å². The largest absolute Gasteiger partial charge is 0.382 e. The molecule has 0 aromatic carbocycles. The Labute approximate surface area is 111 Å². The normalized spacial score (nSPS) is 16.8. The molecule has 1 rings (SSSR count). The van der Waals surface area contributed by atoms with Crippen molar-refractivity contribution in [2.45, 2.75) is 38.7 Å². The van der Waals surface area contributed by atoms with Crippen LogP contribution in [0.1, 0.15) is 32.6 Å². The smallest absolute Gasteiger partial charge is 0.335 e. The van der Waals surface area contributed by atoms with Gasteiger partial charge in [-0.2, -0.15) is 0 Å². The van der Waals surface area contributed by atoms with Gasteiger partial charge in [0.15, 0.2) is 0 Å². The van der Waals surface area contributed by atoms with Gasteiger partial charge >= 0.3 is 5.97 Å². The van der Waals surface area contributed by atoms with Gasteiger partial charge in [-0.15, -0.1) is 5.06 Å². The van der Waals surface area contributed by atoms with Crippen LogP contribution in [0.25, 0.3) is 0 Å². The summed E-state index contributed by atoms with van der Waals surface area (Å²) >= 11 is 0. The molecule has 1 unspecified atom stereocenters. The third-order valence-corrected chi connectivity index (χ3v) is 2.72. The molecule has 7 heteroatoms. The Morgan fingerprint density at radius 2 is 1.89 bits per heavy atom. The molecule has 0 aromatic heterocycles. The van der Waals surface area contributed by atoms with E-state index in [4.69, 9.17) is 9.47 Å². The van der Waals surface area contributed by atoms with Gasteiger partial charge in [-0.25, -0.2) is 4.79 Å². The molecule has 1 atom stereocenters. The van der Waals surface area contributed by atoms with Crippen molar-refractivity contribution in [1.82, 2.24) is 5.06 Å². The third kappa shape index (κ3) is 5.35. The predicted molar refractivity (Wildman–Crippen MR) is 63.7 cm³/mol. The lowest BCUT2D eigenvalue weighted by molar-refractivity contribution is -0.198. The highest BCUT2D eigenvalue weighted by atomic mass is 16.7. The molecule has 1 saturated heterocycles. The molecule has 0 spiro atoms. The van der Waals surface area contributed by atoms with E-state index < -0.39 is 17.8 Å². The number of hydrogen-bond donors (Lipinski definition) is 0. The average Bonchev–Trinajstić information content (AvgIpc) is 2.69. The molecule has 1 heterocycles. The topological polar surface area (TPSA) is 82.1 Å². The molecular weight excluding hydrogens is 254 g/mol. The summed E-state index contributed by atoms with van der Waals surface area (Å²) in [7, 11) is 1.62. The van der Waals surface area contributed by atoms with Crippen LogP contribution in [-0.4, -0.2) is 49.3 Å². The van der Waals surface area contributed by atoms with Crippen molar-refractivity contribution in [3.8, 4) is 0 Å². The monoisotopic (exact) mass is 273 g/mol. The highest BCUT2D eigenvalue weighted by Gasteiger charge is 2.32. The number of rotatable bonds is 8. The first-order valence-electron chi connectivity index (χ1n) is 6.21. The molecule has 0 bridgehead atoms. The van der Waals surface area contributed by atoms with Gasteiger partial charge in [0.05, 0.1) is 19.1 Å². The molecule has 1 aliphatic rings. The first-order chi connectivity index (χ1) is 9.04. The number of carbonyl (C=O) groups excluding carboxylic acids is 3. The van der Waals surface area contributed by atoms with Crippen molar-refractivity contribution < 1.29 is 28.7 Å². The van der Waals surface area contributed by atoms with Gasteiger partial charge in [0.1, 0.15) is 0 Å². The van der Waals surface area contributed by atoms with Crippen LogP contribution in [0, 0.1) is 0 Å². The maximum absolute atomic E-state index is 11.4. The van der Waals surface area contributed by atoms with Crippen molar-refractivity contribution in [3.05, 3.63) is 0 Å². The number of ether oxygens (including phenoxy) is 2. The lowest BCUT2D eigenvalue weighted by Gasteiger charge is -2.13. The molecule has 0 aromatic rings. The SMILES string of the molecule is COC(C)CCOCCC(=O)ON1C(=O)CCC1=O. The fourth-order valence-electron chi connectivity index (χ4n) is 1.43. The summed E-state index contributed by atoms with van der Waals surface area (Å²) in [5.74, 6) is -1.61. The van der Waals surface area contributed by atoms with Crippen molar-refractivity contribution in [2.75, 3.05) is 20.3 Å². The minimum atomic E-state index is -0.650. The van der Waals surface area contributed by atoms with E-state index in [9.17, 15) is 14.4 Å². The van der Waals surface area contributed by atoms with Crippen LogP contribution in [0.2, 0.25) is 0 Å². The Morgan fingerprint density at radius 3 is 2.47 bits per heavy atom. The number of hydrogen-bond acceptors (Lipinski definition) is 6. The zero-order valence-electron chi connectivity index (χ0n) is 11.2. The maximum atomic E-state index is 11.4. The van der Waals surface area contributed by atoms with E-state index in [1.165, 1.54) is 0 Å². The highest BCUT2D eigenvalue weighted by molar-refractivity contribution is 6.01. The molecule has 19 heavy (non-hydrogen) atoms. The van der Waals surface area contributed by atoms with Crippen LogP contribution < -0.4 is 0 Å². The zero-order chi connectivity index (χ0) is 14.3. The quantitative estimate of drug-likeness (QED) is 0.471. The predicted octanol–water partition coefficient (Wildman–Crippen LogP) is 0.425. The Hall–Kier alpha value is -1.47. The molecule has 1 aliphatic heterocycles. The third-order valence-electron chi connectivity index (χ3n) is 2.72. The molecule has 0 saturated carbocycles. The van der Waals surface area contributed by atoms with Crippen LogP contribution in [0.5, 0.6) is 0 Å². The lowest BCUT2D eigenvalue weighted by atomic mass is 10.3. The Bertz CT molecular complexity index is 327. The van der Waals surface area contributed by atoms with Gasteiger partial charge in [0.2, 0.25) is 0 Å². The molecule has 2 amide bonds. The first kappa shape index (κ1) is 15.6. The average molecular weight is 273 g/mol. The Morgan fingerprint density at radius 1 is 1.26 bits per heavy atom. The van der Waals surface area contributed by atoms with Crippen LogP contribution in [0.4, 0.5) is 0 Å². The van der Waals surface area contributed by atoms with E-state index in [2.05, 4.69) is 4.84 Å². The van der Waals surface area contributed by atoms with Crippen molar-refractivity contribution in [2.24, 2.45) is 0 Å². The minimum absolute atomic E-state index is 0.00156. The molecule has 1 fully saturated rings. The fraction of sp³-hybridized carbons (Fsp3) is 0.750. The summed E-state index contributed by atoms with van der Waals surface area (Å²) in [6.45, 7) is 2.58. The number of carbonyl (C=O) groups is 3. The van der Waals surface area contributed by atoms with Crippen LogP contribution in [0.3, 0.4) is 0 Å². The van der Waals surface area contributed by atoms with Gasteiger partial charge in [-0.3, -0.25) is 9.59 Å². The standard InChI is InChI=1S/C12H19NO6/c1-9(17-2)5-7-18-8-6-12(16)19-13-10(14)3-4-11(13)15/h9H,3-8H2,1-2H3. The van der Waals surface area contributed by atoms with E-state index in [1.54, 1.807) is 7.11 Å². The highest BCUT2D eigenvalue weighted by Crippen LogP contribution is 2.12. The van der Waals surface area contributed by atoms with E-state index in [0.29, 0.717) is 11.7 Å². The van der Waals surface area contributed by atoms with Gasteiger partial charge < -0.3 is 14.3 Å². The first-order valence-corrected chi connectivity index (χ1v) is 6.21. The van der Waals surface area contributed by atoms with Crippen molar-refractivity contribution in [1.29, 1.82) is 0 Å². The summed E-state index contributed by atoms with van der Waals surface area (Å²) in [4.78, 5) is 38.4. The Kier molecular flexibility index (Phi) is 6.44. The molecular formula is C12H19NO6. The Balaban J connectivity index is 2.11. The summed E-state index contributed by atoms with van der Waals surface area (Å²) in [6, 6.07) is 0. The number of hydroxylamine groups is 2. The van der Waals surface area contributed by atoms with Crippen LogP contribution in [-0.2, 0) is 28.7 Å². The second-order valence-corrected chi connectivity index (χ2v) is 4.24. The number of amides is 2.